The predicted octanol–water partition coefficient (Wildman–Crippen LogP) is 2.87. The van der Waals surface area contributed by atoms with Crippen LogP contribution in [-0.2, 0) is 4.79 Å². The van der Waals surface area contributed by atoms with Crippen LogP contribution in [0, 0.1) is 17.7 Å². The quantitative estimate of drug-likeness (QED) is 0.794. The molecule has 0 aromatic carbocycles. The van der Waals surface area contributed by atoms with E-state index in [2.05, 4.69) is 20.6 Å². The number of aromatic nitrogens is 2. The van der Waals surface area contributed by atoms with Crippen LogP contribution < -0.4 is 10.6 Å². The third-order valence-corrected chi connectivity index (χ3v) is 6.27. The standard InChI is InChI=1S/C20H21F2N5O/c21-13-6-14-15(9-27(10-28)20(14)24-7-13)18-23-8-16(22)19(26-18)25-17-5-11-1-3-12(17)4-2-11/h6-7,9-12,17,25H,1-5,8H2,(H,23,26). The molecule has 4 aliphatic rings. The minimum Gasteiger partial charge on any atom is -0.366 e. The van der Waals surface area contributed by atoms with Gasteiger partial charge in [0, 0.05) is 23.2 Å². The number of fused-ring (bicyclic) bond motifs is 4. The van der Waals surface area contributed by atoms with Gasteiger partial charge in [-0.3, -0.25) is 14.4 Å². The molecule has 8 heteroatoms. The second-order valence-corrected chi connectivity index (χ2v) is 7.92. The fourth-order valence-electron chi connectivity index (χ4n) is 4.84. The monoisotopic (exact) mass is 385 g/mol. The second kappa shape index (κ2) is 6.68. The van der Waals surface area contributed by atoms with Crippen LogP contribution in [0.3, 0.4) is 0 Å². The zero-order chi connectivity index (χ0) is 19.3. The molecule has 3 saturated carbocycles. The molecule has 3 heterocycles. The Morgan fingerprint density at radius 2 is 2.07 bits per heavy atom. The van der Waals surface area contributed by atoms with Crippen LogP contribution in [-0.4, -0.2) is 34.4 Å². The van der Waals surface area contributed by atoms with Gasteiger partial charge >= 0.3 is 0 Å². The van der Waals surface area contributed by atoms with Crippen molar-refractivity contribution in [1.29, 1.82) is 0 Å². The van der Waals surface area contributed by atoms with Crippen LogP contribution >= 0.6 is 0 Å². The van der Waals surface area contributed by atoms with Gasteiger partial charge < -0.3 is 10.6 Å². The Balaban J connectivity index is 1.43. The number of aliphatic imine (C=N–C) groups is 1. The van der Waals surface area contributed by atoms with Gasteiger partial charge in [-0.2, -0.15) is 0 Å². The molecule has 2 aromatic rings. The number of nitrogens with one attached hydrogen (secondary N) is 2. The van der Waals surface area contributed by atoms with Crippen molar-refractivity contribution in [2.24, 2.45) is 16.8 Å². The molecule has 0 radical (unpaired) electrons. The van der Waals surface area contributed by atoms with Gasteiger partial charge in [0.2, 0.25) is 6.41 Å². The van der Waals surface area contributed by atoms with E-state index in [1.54, 1.807) is 6.20 Å². The highest BCUT2D eigenvalue weighted by Gasteiger charge is 2.36. The van der Waals surface area contributed by atoms with Gasteiger partial charge in [0.25, 0.3) is 0 Å². The van der Waals surface area contributed by atoms with Crippen molar-refractivity contribution >= 4 is 23.3 Å². The van der Waals surface area contributed by atoms with E-state index in [1.807, 2.05) is 0 Å². The molecule has 146 valence electrons. The highest BCUT2D eigenvalue weighted by atomic mass is 19.1. The third kappa shape index (κ3) is 2.87. The highest BCUT2D eigenvalue weighted by molar-refractivity contribution is 6.11. The first kappa shape index (κ1) is 17.3. The number of amidine groups is 1. The Morgan fingerprint density at radius 3 is 2.79 bits per heavy atom. The van der Waals surface area contributed by atoms with E-state index in [-0.39, 0.29) is 18.4 Å². The molecule has 2 N–H and O–H groups in total. The molecule has 1 aliphatic heterocycles. The summed E-state index contributed by atoms with van der Waals surface area (Å²) in [5.74, 6) is 1.19. The smallest absolute Gasteiger partial charge is 0.219 e. The molecular formula is C20H21F2N5O. The second-order valence-electron chi connectivity index (χ2n) is 7.92. The summed E-state index contributed by atoms with van der Waals surface area (Å²) in [4.78, 5) is 19.6. The molecule has 1 unspecified atom stereocenters. The Morgan fingerprint density at radius 1 is 1.25 bits per heavy atom. The minimum atomic E-state index is -0.507. The van der Waals surface area contributed by atoms with E-state index >= 15 is 0 Å². The lowest BCUT2D eigenvalue weighted by molar-refractivity contribution is 0.129. The van der Waals surface area contributed by atoms with E-state index in [0.29, 0.717) is 40.6 Å². The topological polar surface area (TPSA) is 71.3 Å². The fraction of sp³-hybridized carbons (Fsp3) is 0.450. The van der Waals surface area contributed by atoms with E-state index in [0.717, 1.165) is 18.5 Å². The van der Waals surface area contributed by atoms with Gasteiger partial charge in [-0.1, -0.05) is 12.8 Å². The van der Waals surface area contributed by atoms with Gasteiger partial charge in [0.15, 0.2) is 5.83 Å². The Labute approximate surface area is 160 Å². The lowest BCUT2D eigenvalue weighted by Gasteiger charge is -2.43. The summed E-state index contributed by atoms with van der Waals surface area (Å²) in [7, 11) is 0. The van der Waals surface area contributed by atoms with Gasteiger partial charge in [-0.15, -0.1) is 0 Å². The molecule has 3 fully saturated rings. The van der Waals surface area contributed by atoms with Crippen LogP contribution in [0.2, 0.25) is 0 Å². The molecule has 0 amide bonds. The third-order valence-electron chi connectivity index (χ3n) is 6.27. The molecule has 6 rings (SSSR count). The molecular weight excluding hydrogens is 364 g/mol. The van der Waals surface area contributed by atoms with Crippen molar-refractivity contribution in [2.75, 3.05) is 6.54 Å². The van der Waals surface area contributed by atoms with Crippen LogP contribution in [0.1, 0.15) is 37.7 Å². The zero-order valence-corrected chi connectivity index (χ0v) is 15.3. The van der Waals surface area contributed by atoms with Crippen LogP contribution in [0.5, 0.6) is 0 Å². The van der Waals surface area contributed by atoms with Crippen LogP contribution in [0.4, 0.5) is 8.78 Å². The first-order valence-corrected chi connectivity index (χ1v) is 9.71. The molecule has 2 bridgehead atoms. The van der Waals surface area contributed by atoms with E-state index in [9.17, 15) is 13.6 Å². The average molecular weight is 385 g/mol. The van der Waals surface area contributed by atoms with Gasteiger partial charge in [0.05, 0.1) is 12.7 Å². The molecule has 2 aromatic heterocycles. The normalized spacial score (nSPS) is 26.9. The lowest BCUT2D eigenvalue weighted by Crippen LogP contribution is -2.48. The maximum absolute atomic E-state index is 14.5. The number of hydrogen-bond acceptors (Lipinski definition) is 5. The number of rotatable bonds is 4. The van der Waals surface area contributed by atoms with Crippen molar-refractivity contribution in [2.45, 2.75) is 38.1 Å². The summed E-state index contributed by atoms with van der Waals surface area (Å²) in [6.45, 7) is -0.0952. The number of hydrogen-bond donors (Lipinski definition) is 2. The Kier molecular flexibility index (Phi) is 4.14. The summed E-state index contributed by atoms with van der Waals surface area (Å²) < 4.78 is 29.5. The van der Waals surface area contributed by atoms with Gasteiger partial charge in [-0.05, 0) is 37.2 Å². The Bertz CT molecular complexity index is 1000. The molecule has 3 aliphatic carbocycles. The van der Waals surface area contributed by atoms with Gasteiger partial charge in [-0.25, -0.2) is 13.8 Å². The zero-order valence-electron chi connectivity index (χ0n) is 15.3. The first-order chi connectivity index (χ1) is 13.6. The van der Waals surface area contributed by atoms with Crippen molar-refractivity contribution in [3.63, 3.8) is 0 Å². The summed E-state index contributed by atoms with van der Waals surface area (Å²) in [6, 6.07) is 1.57. The highest BCUT2D eigenvalue weighted by Crippen LogP contribution is 2.41. The fourth-order valence-corrected chi connectivity index (χ4v) is 4.84. The number of carbonyl (C=O) groups excluding carboxylic acids is 1. The minimum absolute atomic E-state index is 0.0952. The van der Waals surface area contributed by atoms with E-state index in [4.69, 9.17) is 0 Å². The largest absolute Gasteiger partial charge is 0.366 e. The van der Waals surface area contributed by atoms with E-state index < -0.39 is 5.82 Å². The van der Waals surface area contributed by atoms with Crippen molar-refractivity contribution < 1.29 is 13.6 Å². The molecule has 28 heavy (non-hydrogen) atoms. The summed E-state index contributed by atoms with van der Waals surface area (Å²) >= 11 is 0. The molecule has 0 spiro atoms. The van der Waals surface area contributed by atoms with Gasteiger partial charge in [0.1, 0.15) is 23.1 Å². The predicted molar refractivity (Wildman–Crippen MR) is 102 cm³/mol. The molecule has 6 nitrogen and oxygen atoms in total. The molecule has 0 saturated heterocycles. The maximum Gasteiger partial charge on any atom is 0.219 e. The average Bonchev–Trinajstić information content (AvgIpc) is 3.08. The van der Waals surface area contributed by atoms with E-state index in [1.165, 1.54) is 36.3 Å². The Hall–Kier alpha value is -2.77. The summed E-state index contributed by atoms with van der Waals surface area (Å²) in [5, 5.41) is 6.86. The number of halogens is 2. The SMILES string of the molecule is O=Cn1cc(C2=NCC(F)=C(NC3CC4CCC3CC4)N2)c2cc(F)cnc21. The summed E-state index contributed by atoms with van der Waals surface area (Å²) in [5.41, 5.74) is 0.857. The van der Waals surface area contributed by atoms with Crippen LogP contribution in [0.15, 0.2) is 35.1 Å². The van der Waals surface area contributed by atoms with Crippen molar-refractivity contribution in [3.05, 3.63) is 41.5 Å². The van der Waals surface area contributed by atoms with Crippen molar-refractivity contribution in [3.8, 4) is 0 Å². The molecule has 1 atom stereocenters. The summed E-state index contributed by atoms with van der Waals surface area (Å²) in [6.07, 6.45) is 9.20. The number of carbonyl (C=O) groups is 1. The van der Waals surface area contributed by atoms with Crippen LogP contribution in [0.25, 0.3) is 11.0 Å². The first-order valence-electron chi connectivity index (χ1n) is 9.71. The van der Waals surface area contributed by atoms with Crippen molar-refractivity contribution in [1.82, 2.24) is 20.2 Å². The number of nitrogens with zero attached hydrogens (tertiary/aromatic N) is 3. The number of pyridine rings is 1. The maximum atomic E-state index is 14.5. The lowest BCUT2D eigenvalue weighted by atomic mass is 9.68.